The topological polar surface area (TPSA) is 77.0 Å². The molecule has 0 fully saturated rings. The molecule has 0 saturated carbocycles. The predicted molar refractivity (Wildman–Crippen MR) is 81.8 cm³/mol. The maximum absolute atomic E-state index is 12.2. The standard InChI is InChI=1S/C16H23NO5/c1-11(10-18)4-3-5-17-16(19)12-8-13(20-2)15-14(9-12)21-6-7-22-15/h8-9,11,18H,3-7,10H2,1-2H3,(H,17,19). The van der Waals surface area contributed by atoms with Gasteiger partial charge in [-0.2, -0.15) is 0 Å². The number of fused-ring (bicyclic) bond motifs is 1. The molecule has 2 rings (SSSR count). The van der Waals surface area contributed by atoms with E-state index < -0.39 is 0 Å². The lowest BCUT2D eigenvalue weighted by molar-refractivity contribution is 0.0950. The summed E-state index contributed by atoms with van der Waals surface area (Å²) in [6, 6.07) is 3.32. The van der Waals surface area contributed by atoms with Crippen LogP contribution >= 0.6 is 0 Å². The summed E-state index contributed by atoms with van der Waals surface area (Å²) in [5, 5.41) is 11.8. The summed E-state index contributed by atoms with van der Waals surface area (Å²) in [7, 11) is 1.53. The second-order valence-corrected chi connectivity index (χ2v) is 5.39. The Morgan fingerprint density at radius 2 is 2.18 bits per heavy atom. The number of aliphatic hydroxyl groups is 1. The number of methoxy groups -OCH3 is 1. The Kier molecular flexibility index (Phi) is 5.89. The van der Waals surface area contributed by atoms with Gasteiger partial charge in [0.15, 0.2) is 11.5 Å². The monoisotopic (exact) mass is 309 g/mol. The van der Waals surface area contributed by atoms with Crippen LogP contribution in [-0.2, 0) is 0 Å². The van der Waals surface area contributed by atoms with Gasteiger partial charge in [-0.3, -0.25) is 4.79 Å². The van der Waals surface area contributed by atoms with Crippen LogP contribution in [-0.4, -0.2) is 44.5 Å². The fourth-order valence-corrected chi connectivity index (χ4v) is 2.25. The Bertz CT molecular complexity index is 500. The first-order chi connectivity index (χ1) is 10.7. The summed E-state index contributed by atoms with van der Waals surface area (Å²) in [6.07, 6.45) is 1.70. The highest BCUT2D eigenvalue weighted by molar-refractivity contribution is 5.95. The second kappa shape index (κ2) is 7.89. The van der Waals surface area contributed by atoms with Crippen molar-refractivity contribution in [2.45, 2.75) is 19.8 Å². The Morgan fingerprint density at radius 3 is 2.91 bits per heavy atom. The van der Waals surface area contributed by atoms with Crippen molar-refractivity contribution in [3.63, 3.8) is 0 Å². The van der Waals surface area contributed by atoms with Crippen molar-refractivity contribution >= 4 is 5.91 Å². The van der Waals surface area contributed by atoms with E-state index in [0.717, 1.165) is 12.8 Å². The number of benzene rings is 1. The molecule has 1 heterocycles. The highest BCUT2D eigenvalue weighted by atomic mass is 16.6. The molecule has 0 aromatic heterocycles. The van der Waals surface area contributed by atoms with Crippen LogP contribution in [0, 0.1) is 5.92 Å². The smallest absolute Gasteiger partial charge is 0.251 e. The summed E-state index contributed by atoms with van der Waals surface area (Å²) in [6.45, 7) is 3.65. The zero-order valence-electron chi connectivity index (χ0n) is 13.1. The highest BCUT2D eigenvalue weighted by Crippen LogP contribution is 2.40. The van der Waals surface area contributed by atoms with Gasteiger partial charge < -0.3 is 24.6 Å². The first-order valence-electron chi connectivity index (χ1n) is 7.52. The van der Waals surface area contributed by atoms with E-state index in [1.54, 1.807) is 12.1 Å². The minimum Gasteiger partial charge on any atom is -0.493 e. The summed E-state index contributed by atoms with van der Waals surface area (Å²) >= 11 is 0. The average Bonchev–Trinajstić information content (AvgIpc) is 2.57. The molecule has 0 saturated heterocycles. The van der Waals surface area contributed by atoms with Crippen molar-refractivity contribution in [3.05, 3.63) is 17.7 Å². The fraction of sp³-hybridized carbons (Fsp3) is 0.562. The zero-order valence-corrected chi connectivity index (χ0v) is 13.1. The lowest BCUT2D eigenvalue weighted by Crippen LogP contribution is -2.25. The first-order valence-corrected chi connectivity index (χ1v) is 7.52. The Morgan fingerprint density at radius 1 is 1.41 bits per heavy atom. The number of rotatable bonds is 7. The molecule has 6 nitrogen and oxygen atoms in total. The third-order valence-electron chi connectivity index (χ3n) is 3.56. The molecule has 0 aliphatic carbocycles. The van der Waals surface area contributed by atoms with Crippen molar-refractivity contribution < 1.29 is 24.1 Å². The number of carbonyl (C=O) groups is 1. The highest BCUT2D eigenvalue weighted by Gasteiger charge is 2.20. The second-order valence-electron chi connectivity index (χ2n) is 5.39. The number of hydrogen-bond acceptors (Lipinski definition) is 5. The Labute approximate surface area is 130 Å². The van der Waals surface area contributed by atoms with E-state index in [-0.39, 0.29) is 18.4 Å². The van der Waals surface area contributed by atoms with E-state index in [2.05, 4.69) is 5.32 Å². The van der Waals surface area contributed by atoms with Crippen molar-refractivity contribution in [1.82, 2.24) is 5.32 Å². The van der Waals surface area contributed by atoms with Crippen LogP contribution in [0.3, 0.4) is 0 Å². The molecule has 1 aromatic carbocycles. The normalized spacial score (nSPS) is 14.3. The summed E-state index contributed by atoms with van der Waals surface area (Å²) in [5.74, 6) is 1.65. The number of amides is 1. The number of nitrogens with one attached hydrogen (secondary N) is 1. The van der Waals surface area contributed by atoms with Crippen LogP contribution < -0.4 is 19.5 Å². The number of ether oxygens (including phenoxy) is 3. The minimum atomic E-state index is -0.174. The molecule has 6 heteroatoms. The molecule has 1 amide bonds. The third kappa shape index (κ3) is 4.04. The Hall–Kier alpha value is -1.95. The van der Waals surface area contributed by atoms with Gasteiger partial charge in [0, 0.05) is 18.7 Å². The van der Waals surface area contributed by atoms with Crippen LogP contribution in [0.25, 0.3) is 0 Å². The van der Waals surface area contributed by atoms with E-state index in [9.17, 15) is 4.79 Å². The molecular weight excluding hydrogens is 286 g/mol. The lowest BCUT2D eigenvalue weighted by atomic mass is 10.1. The van der Waals surface area contributed by atoms with Crippen LogP contribution in [0.1, 0.15) is 30.1 Å². The molecule has 122 valence electrons. The largest absolute Gasteiger partial charge is 0.493 e. The summed E-state index contributed by atoms with van der Waals surface area (Å²) < 4.78 is 16.3. The van der Waals surface area contributed by atoms with Gasteiger partial charge in [-0.15, -0.1) is 0 Å². The lowest BCUT2D eigenvalue weighted by Gasteiger charge is -2.21. The first kappa shape index (κ1) is 16.4. The van der Waals surface area contributed by atoms with Crippen molar-refractivity contribution in [1.29, 1.82) is 0 Å². The van der Waals surface area contributed by atoms with Crippen molar-refractivity contribution in [3.8, 4) is 17.2 Å². The average molecular weight is 309 g/mol. The molecule has 0 radical (unpaired) electrons. The fourth-order valence-electron chi connectivity index (χ4n) is 2.25. The zero-order chi connectivity index (χ0) is 15.9. The van der Waals surface area contributed by atoms with Gasteiger partial charge in [-0.1, -0.05) is 6.92 Å². The quantitative estimate of drug-likeness (QED) is 0.748. The van der Waals surface area contributed by atoms with Crippen LogP contribution in [0.15, 0.2) is 12.1 Å². The van der Waals surface area contributed by atoms with E-state index in [0.29, 0.717) is 42.6 Å². The predicted octanol–water partition coefficient (Wildman–Crippen LogP) is 1.60. The van der Waals surface area contributed by atoms with Gasteiger partial charge in [-0.05, 0) is 30.9 Å². The van der Waals surface area contributed by atoms with Crippen LogP contribution in [0.2, 0.25) is 0 Å². The maximum Gasteiger partial charge on any atom is 0.251 e. The summed E-state index contributed by atoms with van der Waals surface area (Å²) in [4.78, 5) is 12.2. The molecule has 0 spiro atoms. The van der Waals surface area contributed by atoms with Gasteiger partial charge >= 0.3 is 0 Å². The molecule has 1 aromatic rings. The van der Waals surface area contributed by atoms with Gasteiger partial charge in [0.25, 0.3) is 5.91 Å². The number of carbonyl (C=O) groups excluding carboxylic acids is 1. The van der Waals surface area contributed by atoms with Gasteiger partial charge in [0.05, 0.1) is 7.11 Å². The summed E-state index contributed by atoms with van der Waals surface area (Å²) in [5.41, 5.74) is 0.483. The van der Waals surface area contributed by atoms with E-state index in [1.165, 1.54) is 7.11 Å². The molecule has 0 bridgehead atoms. The molecule has 2 N–H and O–H groups in total. The molecular formula is C16H23NO5. The van der Waals surface area contributed by atoms with Gasteiger partial charge in [-0.25, -0.2) is 0 Å². The molecule has 1 atom stereocenters. The van der Waals surface area contributed by atoms with E-state index in [4.69, 9.17) is 19.3 Å². The van der Waals surface area contributed by atoms with Crippen molar-refractivity contribution in [2.24, 2.45) is 5.92 Å². The van der Waals surface area contributed by atoms with Gasteiger partial charge in [0.2, 0.25) is 5.75 Å². The Balaban J connectivity index is 1.97. The molecule has 22 heavy (non-hydrogen) atoms. The van der Waals surface area contributed by atoms with Gasteiger partial charge in [0.1, 0.15) is 13.2 Å². The van der Waals surface area contributed by atoms with Crippen molar-refractivity contribution in [2.75, 3.05) is 33.5 Å². The number of hydrogen-bond donors (Lipinski definition) is 2. The minimum absolute atomic E-state index is 0.174. The van der Waals surface area contributed by atoms with E-state index in [1.807, 2.05) is 6.92 Å². The molecule has 1 aliphatic rings. The SMILES string of the molecule is COc1cc(C(=O)NCCCC(C)CO)cc2c1OCCO2. The van der Waals surface area contributed by atoms with Crippen LogP contribution in [0.5, 0.6) is 17.2 Å². The molecule has 1 unspecified atom stereocenters. The molecule has 1 aliphatic heterocycles. The maximum atomic E-state index is 12.2. The van der Waals surface area contributed by atoms with Crippen LogP contribution in [0.4, 0.5) is 0 Å². The number of aliphatic hydroxyl groups excluding tert-OH is 1. The van der Waals surface area contributed by atoms with E-state index >= 15 is 0 Å². The third-order valence-corrected chi connectivity index (χ3v) is 3.56.